The highest BCUT2D eigenvalue weighted by Crippen LogP contribution is 2.23. The minimum Gasteiger partial charge on any atom is -0.374 e. The second-order valence-corrected chi connectivity index (χ2v) is 7.21. The summed E-state index contributed by atoms with van der Waals surface area (Å²) in [7, 11) is 0. The number of hydrogen-bond acceptors (Lipinski definition) is 2. The van der Waals surface area contributed by atoms with Crippen molar-refractivity contribution in [2.24, 2.45) is 0 Å². The zero-order valence-corrected chi connectivity index (χ0v) is 14.6. The van der Waals surface area contributed by atoms with E-state index in [1.54, 1.807) is 0 Å². The Morgan fingerprint density at radius 3 is 2.73 bits per heavy atom. The van der Waals surface area contributed by atoms with E-state index in [1.165, 1.54) is 16.7 Å². The van der Waals surface area contributed by atoms with E-state index in [2.05, 4.69) is 45.9 Å². The minimum absolute atomic E-state index is 0.136. The van der Waals surface area contributed by atoms with Gasteiger partial charge in [-0.15, -0.1) is 0 Å². The van der Waals surface area contributed by atoms with Crippen molar-refractivity contribution in [1.82, 2.24) is 4.90 Å². The third-order valence-electron chi connectivity index (χ3n) is 4.62. The van der Waals surface area contributed by atoms with Crippen molar-refractivity contribution in [3.05, 3.63) is 34.9 Å². The predicted octanol–water partition coefficient (Wildman–Crippen LogP) is 3.65. The maximum atomic E-state index is 12.5. The van der Waals surface area contributed by atoms with Gasteiger partial charge in [-0.1, -0.05) is 18.2 Å². The molecule has 122 valence electrons. The van der Waals surface area contributed by atoms with Gasteiger partial charge in [-0.2, -0.15) is 0 Å². The molecule has 1 saturated heterocycles. The molecule has 1 fully saturated rings. The van der Waals surface area contributed by atoms with E-state index in [0.717, 1.165) is 12.8 Å². The maximum Gasteiger partial charge on any atom is 0.223 e. The number of morpholine rings is 1. The van der Waals surface area contributed by atoms with Crippen LogP contribution in [0, 0.1) is 13.8 Å². The summed E-state index contributed by atoms with van der Waals surface area (Å²) in [6.07, 6.45) is 2.62. The maximum absolute atomic E-state index is 12.5. The standard InChI is InChI=1S/C19H29NO2/c1-14-9-10-17(11-15(14)2)7-6-8-18(21)20-12-16(3)22-13-19(20,4)5/h9-11,16H,6-8,12-13H2,1-5H3. The number of carbonyl (C=O) groups is 1. The quantitative estimate of drug-likeness (QED) is 0.849. The number of benzene rings is 1. The smallest absolute Gasteiger partial charge is 0.223 e. The highest BCUT2D eigenvalue weighted by Gasteiger charge is 2.36. The summed E-state index contributed by atoms with van der Waals surface area (Å²) in [6, 6.07) is 6.58. The summed E-state index contributed by atoms with van der Waals surface area (Å²) in [6.45, 7) is 11.8. The molecule has 1 atom stereocenters. The fourth-order valence-electron chi connectivity index (χ4n) is 2.96. The van der Waals surface area contributed by atoms with Gasteiger partial charge >= 0.3 is 0 Å². The largest absolute Gasteiger partial charge is 0.374 e. The SMILES string of the molecule is Cc1ccc(CCCC(=O)N2CC(C)OCC2(C)C)cc1C. The Hall–Kier alpha value is -1.35. The summed E-state index contributed by atoms with van der Waals surface area (Å²) in [5, 5.41) is 0. The molecule has 0 bridgehead atoms. The van der Waals surface area contributed by atoms with Crippen LogP contribution in [0.4, 0.5) is 0 Å². The van der Waals surface area contributed by atoms with Crippen molar-refractivity contribution in [2.75, 3.05) is 13.2 Å². The van der Waals surface area contributed by atoms with E-state index in [-0.39, 0.29) is 17.6 Å². The molecule has 3 nitrogen and oxygen atoms in total. The second kappa shape index (κ2) is 6.82. The summed E-state index contributed by atoms with van der Waals surface area (Å²) >= 11 is 0. The van der Waals surface area contributed by atoms with Crippen LogP contribution in [0.1, 0.15) is 50.3 Å². The van der Waals surface area contributed by atoms with Gasteiger partial charge in [0.25, 0.3) is 0 Å². The molecule has 0 spiro atoms. The summed E-state index contributed by atoms with van der Waals surface area (Å²) in [5.41, 5.74) is 3.78. The van der Waals surface area contributed by atoms with Crippen molar-refractivity contribution in [3.8, 4) is 0 Å². The average Bonchev–Trinajstić information content (AvgIpc) is 2.45. The number of carbonyl (C=O) groups excluding carboxylic acids is 1. The molecule has 1 amide bonds. The van der Waals surface area contributed by atoms with E-state index in [9.17, 15) is 4.79 Å². The van der Waals surface area contributed by atoms with Crippen LogP contribution in [0.2, 0.25) is 0 Å². The van der Waals surface area contributed by atoms with Crippen LogP contribution in [0.25, 0.3) is 0 Å². The van der Waals surface area contributed by atoms with Crippen molar-refractivity contribution in [2.45, 2.75) is 65.5 Å². The Bertz CT molecular complexity index is 536. The molecular formula is C19H29NO2. The molecule has 0 N–H and O–H groups in total. The van der Waals surface area contributed by atoms with Crippen molar-refractivity contribution >= 4 is 5.91 Å². The first-order chi connectivity index (χ1) is 10.3. The van der Waals surface area contributed by atoms with Crippen LogP contribution in [-0.2, 0) is 16.0 Å². The molecule has 0 aromatic heterocycles. The molecule has 1 aromatic carbocycles. The van der Waals surface area contributed by atoms with Crippen LogP contribution in [0.15, 0.2) is 18.2 Å². The third-order valence-corrected chi connectivity index (χ3v) is 4.62. The molecule has 0 saturated carbocycles. The van der Waals surface area contributed by atoms with Gasteiger partial charge in [0.15, 0.2) is 0 Å². The number of ether oxygens (including phenoxy) is 1. The molecule has 1 aliphatic rings. The molecular weight excluding hydrogens is 274 g/mol. The van der Waals surface area contributed by atoms with Crippen molar-refractivity contribution < 1.29 is 9.53 Å². The minimum atomic E-state index is -0.190. The molecule has 22 heavy (non-hydrogen) atoms. The topological polar surface area (TPSA) is 29.5 Å². The van der Waals surface area contributed by atoms with Gasteiger partial charge in [0.2, 0.25) is 5.91 Å². The lowest BCUT2D eigenvalue weighted by Gasteiger charge is -2.44. The number of rotatable bonds is 4. The Morgan fingerprint density at radius 1 is 1.32 bits per heavy atom. The normalized spacial score (nSPS) is 21.0. The highest BCUT2D eigenvalue weighted by atomic mass is 16.5. The van der Waals surface area contributed by atoms with Gasteiger partial charge < -0.3 is 9.64 Å². The van der Waals surface area contributed by atoms with Crippen LogP contribution in [-0.4, -0.2) is 35.6 Å². The van der Waals surface area contributed by atoms with Gasteiger partial charge in [0, 0.05) is 13.0 Å². The Morgan fingerprint density at radius 2 is 2.05 bits per heavy atom. The fourth-order valence-corrected chi connectivity index (χ4v) is 2.96. The number of nitrogens with zero attached hydrogens (tertiary/aromatic N) is 1. The van der Waals surface area contributed by atoms with E-state index in [4.69, 9.17) is 4.74 Å². The highest BCUT2D eigenvalue weighted by molar-refractivity contribution is 5.77. The summed E-state index contributed by atoms with van der Waals surface area (Å²) in [5.74, 6) is 0.254. The lowest BCUT2D eigenvalue weighted by molar-refractivity contribution is -0.152. The van der Waals surface area contributed by atoms with E-state index >= 15 is 0 Å². The average molecular weight is 303 g/mol. The lowest BCUT2D eigenvalue weighted by atomic mass is 9.99. The van der Waals surface area contributed by atoms with Gasteiger partial charge in [-0.25, -0.2) is 0 Å². The van der Waals surface area contributed by atoms with Crippen molar-refractivity contribution in [1.29, 1.82) is 0 Å². The monoisotopic (exact) mass is 303 g/mol. The van der Waals surface area contributed by atoms with Crippen LogP contribution < -0.4 is 0 Å². The zero-order chi connectivity index (χ0) is 16.3. The summed E-state index contributed by atoms with van der Waals surface area (Å²) in [4.78, 5) is 14.5. The first kappa shape index (κ1) is 17.0. The van der Waals surface area contributed by atoms with Crippen LogP contribution in [0.3, 0.4) is 0 Å². The van der Waals surface area contributed by atoms with Gasteiger partial charge in [0.05, 0.1) is 18.2 Å². The van der Waals surface area contributed by atoms with Gasteiger partial charge in [-0.3, -0.25) is 4.79 Å². The Kier molecular flexibility index (Phi) is 5.28. The molecule has 3 heteroatoms. The lowest BCUT2D eigenvalue weighted by Crippen LogP contribution is -2.57. The van der Waals surface area contributed by atoms with Crippen molar-refractivity contribution in [3.63, 3.8) is 0 Å². The molecule has 1 aliphatic heterocycles. The van der Waals surface area contributed by atoms with E-state index in [1.807, 2.05) is 11.8 Å². The Balaban J connectivity index is 1.88. The molecule has 1 unspecified atom stereocenters. The van der Waals surface area contributed by atoms with Gasteiger partial charge in [-0.05, 0) is 64.2 Å². The predicted molar refractivity (Wildman–Crippen MR) is 90.1 cm³/mol. The van der Waals surface area contributed by atoms with E-state index < -0.39 is 0 Å². The van der Waals surface area contributed by atoms with E-state index in [0.29, 0.717) is 19.6 Å². The molecule has 0 aliphatic carbocycles. The summed E-state index contributed by atoms with van der Waals surface area (Å²) < 4.78 is 5.68. The zero-order valence-electron chi connectivity index (χ0n) is 14.6. The Labute approximate surface area is 134 Å². The first-order valence-electron chi connectivity index (χ1n) is 8.28. The molecule has 1 heterocycles. The fraction of sp³-hybridized carbons (Fsp3) is 0.632. The van der Waals surface area contributed by atoms with Gasteiger partial charge in [0.1, 0.15) is 0 Å². The molecule has 1 aromatic rings. The number of hydrogen-bond donors (Lipinski definition) is 0. The first-order valence-corrected chi connectivity index (χ1v) is 8.28. The molecule has 0 radical (unpaired) electrons. The second-order valence-electron chi connectivity index (χ2n) is 7.21. The molecule has 2 rings (SSSR count). The number of amides is 1. The third kappa shape index (κ3) is 4.10. The van der Waals surface area contributed by atoms with Crippen LogP contribution in [0.5, 0.6) is 0 Å². The van der Waals surface area contributed by atoms with Crippen LogP contribution >= 0.6 is 0 Å². The number of aryl methyl sites for hydroxylation is 3.